The molecule has 10 amide bonds. The number of nitrogens with one attached hydrogen (secondary N) is 9. The maximum Gasteiger partial charge on any atom is 0.327 e. The van der Waals surface area contributed by atoms with Gasteiger partial charge in [0.25, 0.3) is 18.3 Å². The minimum atomic E-state index is -2.15. The van der Waals surface area contributed by atoms with Crippen LogP contribution < -0.4 is 63.4 Å². The highest BCUT2D eigenvalue weighted by Crippen LogP contribution is 2.38. The molecule has 0 bridgehead atoms. The number of thiol groups is 1. The zero-order valence-corrected chi connectivity index (χ0v) is 71.6. The number of nitrogens with zero attached hydrogens (tertiary/aromatic N) is 2. The Balaban J connectivity index is 1.50. The van der Waals surface area contributed by atoms with Gasteiger partial charge in [-0.25, -0.2) is 9.59 Å². The van der Waals surface area contributed by atoms with Crippen molar-refractivity contribution in [3.05, 3.63) is 54.1 Å². The van der Waals surface area contributed by atoms with Crippen LogP contribution in [0.15, 0.2) is 48.5 Å². The first-order chi connectivity index (χ1) is 59.5. The summed E-state index contributed by atoms with van der Waals surface area (Å²) in [6, 6.07) is 3.05. The van der Waals surface area contributed by atoms with Gasteiger partial charge in [-0.3, -0.25) is 71.9 Å². The Bertz CT molecular complexity index is 3980. The second-order valence-electron chi connectivity index (χ2n) is 32.3. The van der Waals surface area contributed by atoms with Crippen molar-refractivity contribution in [1.82, 2.24) is 42.5 Å². The van der Waals surface area contributed by atoms with Gasteiger partial charge < -0.3 is 135 Å². The molecule has 1 fully saturated rings. The number of carboxylic acids is 3. The number of benzene rings is 2. The summed E-state index contributed by atoms with van der Waals surface area (Å²) in [5, 5.41) is 151. The van der Waals surface area contributed by atoms with Crippen molar-refractivity contribution in [2.45, 2.75) is 260 Å². The van der Waals surface area contributed by atoms with Gasteiger partial charge in [-0.2, -0.15) is 12.6 Å². The number of anilines is 3. The number of urea groups is 1. The Kier molecular flexibility index (Phi) is 47.5. The summed E-state index contributed by atoms with van der Waals surface area (Å²) in [4.78, 5) is 230. The number of carbonyl (C=O) groups is 17. The molecule has 0 unspecified atom stereocenters. The number of aliphatic carboxylic acids is 3. The number of unbranched alkanes of at least 4 members (excludes halogenated alkanes) is 4. The van der Waals surface area contributed by atoms with Crippen LogP contribution in [-0.2, 0) is 76.7 Å². The maximum atomic E-state index is 14.7. The third-order valence-corrected chi connectivity index (χ3v) is 21.8. The van der Waals surface area contributed by atoms with E-state index in [1.807, 2.05) is 12.1 Å². The van der Waals surface area contributed by atoms with Crippen molar-refractivity contribution < 1.29 is 153 Å². The molecule has 126 heavy (non-hydrogen) atoms. The van der Waals surface area contributed by atoms with Gasteiger partial charge in [-0.1, -0.05) is 77.5 Å². The number of ether oxygens (including phenoxy) is 1. The Morgan fingerprint density at radius 2 is 1.08 bits per heavy atom. The standard InChI is InChI=1S/C82H124N12O31S/c1-82(2,3)65(105)39-94-58-21-12-11-20-57(58)93(49-17-8-7-9-18-49)38-54(79(94)121)92-81(124)87-48-16-14-15-45(33-48)74(116)84-32-13-6-4-5-10-19-50(98)34-46(22-30-68(108)109)75(117)89-53(26-29-67(107)86-37-62(102)71(113)73(115)64(104)41-96)60(100)35-47(23-31-69(110)111)76(118)88-52(25-28-66(106)85-36-61(101)70(112)72(114)63(103)40-95)59(99)27-24-51(83)77(119)90-55(42-125-44-97)78(120)91-56(43-126)80(122)123/h11-12,14-16,20-21,33,44,46-47,49,51-56,61-64,70-73,95-96,101-104,112-115,126H,4-10,13,17-19,22-32,34-43,83H2,1-3H3,(H,84,116)(H,85,106)(H,86,107)(H,88,118)(H,89,117)(H,90,119)(H,91,120)(H,108,109)(H,110,111)(H,122,123)(H2,87,92,124)/t46-,47-,51-,52+,53+,54+,55-,56-,61+,62+,63+,64+,70-,71-,72-,73-/m0/s1. The maximum absolute atomic E-state index is 14.7. The van der Waals surface area contributed by atoms with Gasteiger partial charge in [-0.15, -0.1) is 0 Å². The largest absolute Gasteiger partial charge is 0.481 e. The van der Waals surface area contributed by atoms with Crippen molar-refractivity contribution in [3.8, 4) is 0 Å². The van der Waals surface area contributed by atoms with Crippen LogP contribution in [0.5, 0.6) is 0 Å². The average Bonchev–Trinajstić information content (AvgIpc) is 1.62. The molecule has 704 valence electrons. The second-order valence-corrected chi connectivity index (χ2v) is 32.7. The number of carbonyl (C=O) groups excluding carboxylic acids is 14. The van der Waals surface area contributed by atoms with Crippen LogP contribution in [0.1, 0.15) is 179 Å². The number of aliphatic hydroxyl groups is 10. The minimum Gasteiger partial charge on any atom is -0.481 e. The highest BCUT2D eigenvalue weighted by molar-refractivity contribution is 7.80. The lowest BCUT2D eigenvalue weighted by molar-refractivity contribution is -0.142. The van der Waals surface area contributed by atoms with Crippen molar-refractivity contribution in [3.63, 3.8) is 0 Å². The molecule has 0 spiro atoms. The summed E-state index contributed by atoms with van der Waals surface area (Å²) in [6.45, 7) is 0.762. The number of hydrogen-bond acceptors (Lipinski definition) is 31. The lowest BCUT2D eigenvalue weighted by atomic mass is 9.89. The Labute approximate surface area is 732 Å². The van der Waals surface area contributed by atoms with Gasteiger partial charge in [0.1, 0.15) is 67.1 Å². The summed E-state index contributed by atoms with van der Waals surface area (Å²) in [5.74, 6) is -18.7. The van der Waals surface area contributed by atoms with E-state index in [4.69, 9.17) is 5.73 Å². The van der Waals surface area contributed by atoms with Crippen molar-refractivity contribution in [1.29, 1.82) is 0 Å². The van der Waals surface area contributed by atoms with Crippen molar-refractivity contribution in [2.75, 3.05) is 73.4 Å². The van der Waals surface area contributed by atoms with Gasteiger partial charge in [0.15, 0.2) is 17.3 Å². The number of aliphatic hydroxyl groups excluding tert-OH is 10. The zero-order chi connectivity index (χ0) is 94.1. The van der Waals surface area contributed by atoms with E-state index in [9.17, 15) is 148 Å². The number of Topliss-reactive ketones (excluding diaryl/α,β-unsaturated/α-hetero) is 4. The van der Waals surface area contributed by atoms with Crippen molar-refractivity contribution >= 4 is 130 Å². The molecule has 0 radical (unpaired) electrons. The van der Waals surface area contributed by atoms with Crippen LogP contribution in [0.2, 0.25) is 0 Å². The van der Waals surface area contributed by atoms with Gasteiger partial charge in [0.05, 0.1) is 61.5 Å². The molecule has 0 aromatic heterocycles. The SMILES string of the molecule is CC(C)(C)C(=O)CN1C(=O)[C@H](NC(=O)Nc2cccc(C(=O)NCCCCCCCC(=O)C[C@H](CCC(=O)O)C(=O)N[C@H](CCC(=O)NC[C@@H](O)[C@H](O)[C@@H](O)[C@H](O)CO)C(=O)C[C@H](CCC(=O)O)C(=O)N[C@H](CCC(=O)NC[C@@H](O)[C@H](O)[C@@H](O)[C@H](O)CO)C(=O)CC[C@H](N)C(=O)N[C@@H](COC=O)C(=O)N[C@@H](CS)C(=O)O)c2)CN(C2CCCCC2)c2ccccc21. The molecule has 1 heterocycles. The van der Waals surface area contributed by atoms with Gasteiger partial charge >= 0.3 is 23.9 Å². The lowest BCUT2D eigenvalue weighted by Gasteiger charge is -2.37. The Morgan fingerprint density at radius 3 is 1.61 bits per heavy atom. The number of carboxylic acid groups (broad SMARTS) is 3. The predicted molar refractivity (Wildman–Crippen MR) is 450 cm³/mol. The lowest BCUT2D eigenvalue weighted by Crippen LogP contribution is -2.56. The fraction of sp³-hybridized carbons (Fsp3) is 0.646. The van der Waals surface area contributed by atoms with E-state index in [2.05, 4.69) is 70.1 Å². The molecule has 1 aliphatic heterocycles. The molecule has 2 aromatic carbocycles. The fourth-order valence-electron chi connectivity index (χ4n) is 13.8. The number of fused-ring (bicyclic) bond motifs is 1. The first kappa shape index (κ1) is 108. The van der Waals surface area contributed by atoms with Gasteiger partial charge in [-0.05, 0) is 88.1 Å². The molecule has 1 saturated carbocycles. The van der Waals surface area contributed by atoms with Crippen LogP contribution in [0.3, 0.4) is 0 Å². The van der Waals surface area contributed by atoms with E-state index >= 15 is 0 Å². The van der Waals surface area contributed by atoms with E-state index in [1.165, 1.54) is 11.0 Å². The number of para-hydroxylation sites is 2. The van der Waals surface area contributed by atoms with Gasteiger partial charge in [0.2, 0.25) is 35.4 Å². The molecular formula is C82H124N12O31S. The molecule has 4 rings (SSSR count). The van der Waals surface area contributed by atoms with E-state index in [1.54, 1.807) is 51.1 Å². The van der Waals surface area contributed by atoms with E-state index < -0.39 is 307 Å². The molecule has 1 aliphatic carbocycles. The predicted octanol–water partition coefficient (Wildman–Crippen LogP) is -3.60. The number of hydrogen-bond donors (Lipinski definition) is 24. The highest BCUT2D eigenvalue weighted by atomic mass is 32.1. The smallest absolute Gasteiger partial charge is 0.327 e. The van der Waals surface area contributed by atoms with Gasteiger partial charge in [0, 0.05) is 118 Å². The molecule has 0 saturated heterocycles. The van der Waals surface area contributed by atoms with Crippen LogP contribution in [0.25, 0.3) is 0 Å². The zero-order valence-electron chi connectivity index (χ0n) is 70.7. The number of amides is 10. The first-order valence-corrected chi connectivity index (χ1v) is 42.4. The molecule has 43 nitrogen and oxygen atoms in total. The highest BCUT2D eigenvalue weighted by Gasteiger charge is 2.42. The van der Waals surface area contributed by atoms with Crippen LogP contribution >= 0.6 is 12.6 Å². The monoisotopic (exact) mass is 1800 g/mol. The van der Waals surface area contributed by atoms with Crippen LogP contribution in [-0.4, -0.2) is 317 Å². The Hall–Kier alpha value is -10.3. The van der Waals surface area contributed by atoms with E-state index in [0.29, 0.717) is 31.4 Å². The summed E-state index contributed by atoms with van der Waals surface area (Å²) in [5.41, 5.74) is 7.15. The summed E-state index contributed by atoms with van der Waals surface area (Å²) < 4.78 is 4.61. The minimum absolute atomic E-state index is 0.0871. The Morgan fingerprint density at radius 1 is 0.563 bits per heavy atom. The second kappa shape index (κ2) is 55.4. The summed E-state index contributed by atoms with van der Waals surface area (Å²) in [6.07, 6.45) is -18.1. The molecule has 44 heteroatoms. The van der Waals surface area contributed by atoms with E-state index in [0.717, 1.165) is 37.8 Å². The van der Waals surface area contributed by atoms with Crippen LogP contribution in [0, 0.1) is 17.3 Å². The summed E-state index contributed by atoms with van der Waals surface area (Å²) >= 11 is 3.86. The third kappa shape index (κ3) is 37.3. The van der Waals surface area contributed by atoms with E-state index in [-0.39, 0.29) is 62.0 Å². The number of ketones is 4. The molecule has 2 aliphatic rings. The summed E-state index contributed by atoms with van der Waals surface area (Å²) in [7, 11) is 0. The molecule has 16 atom stereocenters. The molecule has 24 N–H and O–H groups in total. The molecular weight excluding hydrogens is 1680 g/mol. The normalized spacial score (nSPS) is 17.2. The van der Waals surface area contributed by atoms with Crippen LogP contribution in [0.4, 0.5) is 21.9 Å². The number of rotatable bonds is 60. The molecule has 2 aromatic rings. The first-order valence-electron chi connectivity index (χ1n) is 41.8. The van der Waals surface area contributed by atoms with Crippen molar-refractivity contribution in [2.24, 2.45) is 23.0 Å². The topological polar surface area (TPSA) is 703 Å². The number of nitrogens with two attached hydrogens (primary N) is 1. The third-order valence-electron chi connectivity index (χ3n) is 21.5. The fourth-order valence-corrected chi connectivity index (χ4v) is 14.0. The average molecular weight is 1810 g/mol. The quantitative estimate of drug-likeness (QED) is 0.0173.